The number of nitrogens with one attached hydrogen (secondary N) is 1. The van der Waals surface area contributed by atoms with Gasteiger partial charge in [0.2, 0.25) is 5.95 Å². The van der Waals surface area contributed by atoms with Crippen LogP contribution in [0.2, 0.25) is 0 Å². The Balaban J connectivity index is 1.72. The summed E-state index contributed by atoms with van der Waals surface area (Å²) in [5.74, 6) is 1.73. The van der Waals surface area contributed by atoms with Gasteiger partial charge >= 0.3 is 0 Å². The molecule has 0 amide bonds. The van der Waals surface area contributed by atoms with Crippen LogP contribution in [0, 0.1) is 5.92 Å². The van der Waals surface area contributed by atoms with E-state index < -0.39 is 0 Å². The van der Waals surface area contributed by atoms with Gasteiger partial charge in [0.05, 0.1) is 0 Å². The van der Waals surface area contributed by atoms with Gasteiger partial charge in [0.1, 0.15) is 0 Å². The second-order valence-corrected chi connectivity index (χ2v) is 6.12. The van der Waals surface area contributed by atoms with Crippen molar-refractivity contribution in [3.05, 3.63) is 12.4 Å². The zero-order valence-corrected chi connectivity index (χ0v) is 13.7. The summed E-state index contributed by atoms with van der Waals surface area (Å²) in [6.45, 7) is 12.6. The van der Waals surface area contributed by atoms with Crippen LogP contribution in [0.1, 0.15) is 33.6 Å². The summed E-state index contributed by atoms with van der Waals surface area (Å²) in [5, 5.41) is 3.52. The molecule has 0 aromatic carbocycles. The van der Waals surface area contributed by atoms with E-state index in [1.165, 1.54) is 19.5 Å². The number of anilines is 1. The van der Waals surface area contributed by atoms with Gasteiger partial charge < -0.3 is 19.5 Å². The highest BCUT2D eigenvalue weighted by atomic mass is 16.5. The van der Waals surface area contributed by atoms with Crippen LogP contribution in [-0.4, -0.2) is 53.3 Å². The molecule has 5 nitrogen and oxygen atoms in total. The van der Waals surface area contributed by atoms with Gasteiger partial charge in [-0.3, -0.25) is 0 Å². The Kier molecular flexibility index (Phi) is 6.51. The van der Waals surface area contributed by atoms with E-state index in [-0.39, 0.29) is 0 Å². The fraction of sp³-hybridized carbons (Fsp3) is 0.812. The largest absolute Gasteiger partial charge is 0.382 e. The van der Waals surface area contributed by atoms with Crippen LogP contribution in [0.15, 0.2) is 12.4 Å². The Hall–Kier alpha value is -1.07. The lowest BCUT2D eigenvalue weighted by Crippen LogP contribution is -2.29. The van der Waals surface area contributed by atoms with Gasteiger partial charge in [-0.05, 0) is 46.1 Å². The minimum atomic E-state index is 0.663. The lowest BCUT2D eigenvalue weighted by molar-refractivity contribution is 0.142. The third kappa shape index (κ3) is 5.00. The lowest BCUT2D eigenvalue weighted by Gasteiger charge is -2.20. The molecule has 1 atom stereocenters. The van der Waals surface area contributed by atoms with Crippen LogP contribution in [0.5, 0.6) is 0 Å². The zero-order chi connectivity index (χ0) is 15.1. The van der Waals surface area contributed by atoms with Gasteiger partial charge in [0, 0.05) is 51.3 Å². The molecular formula is C16H30N4O. The molecule has 2 heterocycles. The summed E-state index contributed by atoms with van der Waals surface area (Å²) in [4.78, 5) is 6.98. The number of ether oxygens (including phenoxy) is 1. The quantitative estimate of drug-likeness (QED) is 0.710. The van der Waals surface area contributed by atoms with Gasteiger partial charge in [0.25, 0.3) is 0 Å². The average molecular weight is 294 g/mol. The molecule has 0 saturated carbocycles. The third-order valence-corrected chi connectivity index (χ3v) is 4.20. The van der Waals surface area contributed by atoms with E-state index in [9.17, 15) is 0 Å². The molecule has 5 heteroatoms. The first kappa shape index (κ1) is 16.3. The Bertz CT molecular complexity index is 405. The highest BCUT2D eigenvalue weighted by molar-refractivity contribution is 5.25. The summed E-state index contributed by atoms with van der Waals surface area (Å²) >= 11 is 0. The fourth-order valence-corrected chi connectivity index (χ4v) is 2.87. The SMILES string of the molecule is CCOCCCn1ccnc1NCC1CCN(C(C)C)C1. The van der Waals surface area contributed by atoms with Crippen molar-refractivity contribution in [2.24, 2.45) is 5.92 Å². The number of hydrogen-bond donors (Lipinski definition) is 1. The second kappa shape index (κ2) is 8.39. The first-order valence-electron chi connectivity index (χ1n) is 8.27. The molecule has 1 aromatic rings. The van der Waals surface area contributed by atoms with E-state index in [0.29, 0.717) is 6.04 Å². The maximum absolute atomic E-state index is 5.39. The van der Waals surface area contributed by atoms with Crippen molar-refractivity contribution in [2.45, 2.75) is 46.2 Å². The normalized spacial score (nSPS) is 19.5. The highest BCUT2D eigenvalue weighted by Crippen LogP contribution is 2.19. The number of rotatable bonds is 9. The van der Waals surface area contributed by atoms with Crippen LogP contribution < -0.4 is 5.32 Å². The molecule has 1 aliphatic rings. The molecule has 0 spiro atoms. The summed E-state index contributed by atoms with van der Waals surface area (Å²) in [5.41, 5.74) is 0. The van der Waals surface area contributed by atoms with Crippen LogP contribution in [-0.2, 0) is 11.3 Å². The number of nitrogens with zero attached hydrogens (tertiary/aromatic N) is 3. The minimum absolute atomic E-state index is 0.663. The number of aromatic nitrogens is 2. The summed E-state index contributed by atoms with van der Waals surface area (Å²) < 4.78 is 7.58. The summed E-state index contributed by atoms with van der Waals surface area (Å²) in [7, 11) is 0. The van der Waals surface area contributed by atoms with E-state index in [4.69, 9.17) is 4.74 Å². The topological polar surface area (TPSA) is 42.3 Å². The average Bonchev–Trinajstić information content (AvgIpc) is 3.10. The van der Waals surface area contributed by atoms with Gasteiger partial charge in [0.15, 0.2) is 0 Å². The molecular weight excluding hydrogens is 264 g/mol. The summed E-state index contributed by atoms with van der Waals surface area (Å²) in [6.07, 6.45) is 6.24. The van der Waals surface area contributed by atoms with Crippen molar-refractivity contribution >= 4 is 5.95 Å². The van der Waals surface area contributed by atoms with Gasteiger partial charge in [-0.15, -0.1) is 0 Å². The standard InChI is InChI=1S/C16H30N4O/c1-4-21-11-5-8-19-10-7-17-16(19)18-12-15-6-9-20(13-15)14(2)3/h7,10,14-15H,4-6,8-9,11-13H2,1-3H3,(H,17,18). The Morgan fingerprint density at radius 2 is 2.33 bits per heavy atom. The van der Waals surface area contributed by atoms with Crippen molar-refractivity contribution in [1.82, 2.24) is 14.5 Å². The predicted octanol–water partition coefficient (Wildman–Crippen LogP) is 2.45. The first-order valence-corrected chi connectivity index (χ1v) is 8.27. The predicted molar refractivity (Wildman–Crippen MR) is 86.6 cm³/mol. The molecule has 1 aromatic heterocycles. The smallest absolute Gasteiger partial charge is 0.202 e. The van der Waals surface area contributed by atoms with E-state index >= 15 is 0 Å². The minimum Gasteiger partial charge on any atom is -0.382 e. The molecule has 1 unspecified atom stereocenters. The molecule has 1 aliphatic heterocycles. The molecule has 21 heavy (non-hydrogen) atoms. The van der Waals surface area contributed by atoms with E-state index in [1.807, 2.05) is 19.3 Å². The van der Waals surface area contributed by atoms with Crippen LogP contribution >= 0.6 is 0 Å². The number of imidazole rings is 1. The maximum Gasteiger partial charge on any atom is 0.202 e. The van der Waals surface area contributed by atoms with Gasteiger partial charge in [-0.25, -0.2) is 4.98 Å². The number of aryl methyl sites for hydroxylation is 1. The van der Waals surface area contributed by atoms with Crippen LogP contribution in [0.3, 0.4) is 0 Å². The molecule has 1 N–H and O–H groups in total. The summed E-state index contributed by atoms with van der Waals surface area (Å²) in [6, 6.07) is 0.663. The molecule has 2 rings (SSSR count). The Morgan fingerprint density at radius 1 is 1.48 bits per heavy atom. The van der Waals surface area contributed by atoms with Gasteiger partial charge in [-0.1, -0.05) is 0 Å². The van der Waals surface area contributed by atoms with Crippen LogP contribution in [0.4, 0.5) is 5.95 Å². The first-order chi connectivity index (χ1) is 10.2. The van der Waals surface area contributed by atoms with E-state index in [2.05, 4.69) is 33.6 Å². The van der Waals surface area contributed by atoms with Crippen molar-refractivity contribution in [1.29, 1.82) is 0 Å². The molecule has 0 bridgehead atoms. The van der Waals surface area contributed by atoms with Crippen LogP contribution in [0.25, 0.3) is 0 Å². The van der Waals surface area contributed by atoms with E-state index in [1.54, 1.807) is 0 Å². The maximum atomic E-state index is 5.39. The Labute approximate surface area is 128 Å². The molecule has 0 radical (unpaired) electrons. The zero-order valence-electron chi connectivity index (χ0n) is 13.7. The lowest BCUT2D eigenvalue weighted by atomic mass is 10.1. The van der Waals surface area contributed by atoms with Crippen molar-refractivity contribution < 1.29 is 4.74 Å². The molecule has 0 aliphatic carbocycles. The second-order valence-electron chi connectivity index (χ2n) is 6.12. The highest BCUT2D eigenvalue weighted by Gasteiger charge is 2.24. The van der Waals surface area contributed by atoms with Gasteiger partial charge in [-0.2, -0.15) is 0 Å². The Morgan fingerprint density at radius 3 is 3.05 bits per heavy atom. The number of likely N-dealkylation sites (tertiary alicyclic amines) is 1. The third-order valence-electron chi connectivity index (χ3n) is 4.20. The van der Waals surface area contributed by atoms with Crippen molar-refractivity contribution in [2.75, 3.05) is 38.2 Å². The molecule has 120 valence electrons. The monoisotopic (exact) mass is 294 g/mol. The molecule has 1 fully saturated rings. The van der Waals surface area contributed by atoms with Crippen molar-refractivity contribution in [3.63, 3.8) is 0 Å². The number of hydrogen-bond acceptors (Lipinski definition) is 4. The fourth-order valence-electron chi connectivity index (χ4n) is 2.87. The van der Waals surface area contributed by atoms with Crippen molar-refractivity contribution in [3.8, 4) is 0 Å². The molecule has 1 saturated heterocycles. The van der Waals surface area contributed by atoms with E-state index in [0.717, 1.165) is 44.6 Å².